The van der Waals surface area contributed by atoms with Crippen molar-refractivity contribution in [3.05, 3.63) is 41.1 Å². The average Bonchev–Trinajstić information content (AvgIpc) is 2.39. The summed E-state index contributed by atoms with van der Waals surface area (Å²) in [6, 6.07) is 7.61. The molecular formula is C13H16ClFO2S. The molecule has 0 amide bonds. The number of alkyl halides is 1. The van der Waals surface area contributed by atoms with Crippen molar-refractivity contribution in [2.75, 3.05) is 5.88 Å². The molecule has 0 N–H and O–H groups in total. The zero-order valence-electron chi connectivity index (χ0n) is 10.2. The molecule has 100 valence electrons. The number of unbranched alkanes of at least 4 members (excludes halogenated alkanes) is 1. The standard InChI is InChI=1S/C13H16ClFO2S/c1-11(7-5-6-10-14)13(15)18(16,17)12-8-3-2-4-9-12/h2-4,8-9H,5-7,10H2,1H3/b13-11+. The van der Waals surface area contributed by atoms with Gasteiger partial charge in [0.05, 0.1) is 4.90 Å². The van der Waals surface area contributed by atoms with Crippen LogP contribution in [0.2, 0.25) is 0 Å². The molecule has 0 aliphatic heterocycles. The summed E-state index contributed by atoms with van der Waals surface area (Å²) < 4.78 is 37.8. The van der Waals surface area contributed by atoms with Crippen LogP contribution in [0.4, 0.5) is 4.39 Å². The van der Waals surface area contributed by atoms with E-state index in [1.54, 1.807) is 18.2 Å². The van der Waals surface area contributed by atoms with Crippen molar-refractivity contribution in [2.24, 2.45) is 0 Å². The van der Waals surface area contributed by atoms with Crippen molar-refractivity contribution in [2.45, 2.75) is 31.1 Å². The summed E-state index contributed by atoms with van der Waals surface area (Å²) in [7, 11) is -4.00. The minimum absolute atomic E-state index is 0.0146. The molecule has 0 unspecified atom stereocenters. The van der Waals surface area contributed by atoms with Gasteiger partial charge in [0.15, 0.2) is 0 Å². The fourth-order valence-electron chi connectivity index (χ4n) is 1.52. The molecule has 2 nitrogen and oxygen atoms in total. The highest BCUT2D eigenvalue weighted by atomic mass is 35.5. The van der Waals surface area contributed by atoms with Gasteiger partial charge in [-0.1, -0.05) is 18.2 Å². The maximum absolute atomic E-state index is 13.9. The Labute approximate surface area is 112 Å². The summed E-state index contributed by atoms with van der Waals surface area (Å²) in [5, 5.41) is -1.04. The van der Waals surface area contributed by atoms with Gasteiger partial charge < -0.3 is 0 Å². The largest absolute Gasteiger partial charge is 0.233 e. The first-order valence-corrected chi connectivity index (χ1v) is 7.73. The third-order valence-corrected chi connectivity index (χ3v) is 4.54. The molecular weight excluding hydrogens is 275 g/mol. The lowest BCUT2D eigenvalue weighted by Crippen LogP contribution is -2.03. The molecule has 5 heteroatoms. The van der Waals surface area contributed by atoms with Crippen LogP contribution in [-0.2, 0) is 9.84 Å². The van der Waals surface area contributed by atoms with Gasteiger partial charge >= 0.3 is 0 Å². The van der Waals surface area contributed by atoms with E-state index in [4.69, 9.17) is 11.6 Å². The molecule has 1 aromatic rings. The van der Waals surface area contributed by atoms with E-state index in [1.165, 1.54) is 19.1 Å². The van der Waals surface area contributed by atoms with Crippen molar-refractivity contribution in [3.8, 4) is 0 Å². The van der Waals surface area contributed by atoms with Crippen LogP contribution in [0.1, 0.15) is 26.2 Å². The summed E-state index contributed by atoms with van der Waals surface area (Å²) in [4.78, 5) is -0.0146. The van der Waals surface area contributed by atoms with Gasteiger partial charge in [-0.25, -0.2) is 8.42 Å². The van der Waals surface area contributed by atoms with E-state index in [0.717, 1.165) is 6.42 Å². The third kappa shape index (κ3) is 3.82. The van der Waals surface area contributed by atoms with E-state index in [9.17, 15) is 12.8 Å². The summed E-state index contributed by atoms with van der Waals surface area (Å²) in [5.41, 5.74) is 0.254. The number of benzene rings is 1. The first kappa shape index (κ1) is 15.2. The van der Waals surface area contributed by atoms with E-state index < -0.39 is 15.0 Å². The van der Waals surface area contributed by atoms with Crippen LogP contribution in [0.15, 0.2) is 46.0 Å². The van der Waals surface area contributed by atoms with Crippen LogP contribution in [0.5, 0.6) is 0 Å². The number of hydrogen-bond acceptors (Lipinski definition) is 2. The smallest absolute Gasteiger partial charge is 0.216 e. The minimum Gasteiger partial charge on any atom is -0.216 e. The van der Waals surface area contributed by atoms with Crippen LogP contribution in [0.25, 0.3) is 0 Å². The quantitative estimate of drug-likeness (QED) is 0.584. The molecule has 0 fully saturated rings. The van der Waals surface area contributed by atoms with Crippen molar-refractivity contribution in [1.29, 1.82) is 0 Å². The van der Waals surface area contributed by atoms with E-state index in [2.05, 4.69) is 0 Å². The topological polar surface area (TPSA) is 34.1 Å². The summed E-state index contributed by atoms with van der Waals surface area (Å²) in [6.07, 6.45) is 1.84. The van der Waals surface area contributed by atoms with Crippen LogP contribution >= 0.6 is 11.6 Å². The molecule has 0 saturated heterocycles. The zero-order valence-corrected chi connectivity index (χ0v) is 11.8. The minimum atomic E-state index is -4.00. The molecule has 0 bridgehead atoms. The average molecular weight is 291 g/mol. The van der Waals surface area contributed by atoms with Crippen LogP contribution in [0, 0.1) is 0 Å². The maximum atomic E-state index is 13.9. The molecule has 1 rings (SSSR count). The molecule has 0 radical (unpaired) electrons. The molecule has 0 aliphatic carbocycles. The molecule has 0 aliphatic rings. The number of rotatable bonds is 6. The Bertz CT molecular complexity index is 509. The monoisotopic (exact) mass is 290 g/mol. The number of hydrogen-bond donors (Lipinski definition) is 0. The maximum Gasteiger partial charge on any atom is 0.233 e. The predicted molar refractivity (Wildman–Crippen MR) is 72.0 cm³/mol. The molecule has 0 spiro atoms. The van der Waals surface area contributed by atoms with E-state index in [-0.39, 0.29) is 10.5 Å². The van der Waals surface area contributed by atoms with Gasteiger partial charge in [-0.15, -0.1) is 11.6 Å². The second-order valence-electron chi connectivity index (χ2n) is 4.02. The molecule has 0 atom stereocenters. The molecule has 0 aromatic heterocycles. The van der Waals surface area contributed by atoms with Crippen LogP contribution in [0.3, 0.4) is 0 Å². The molecule has 1 aromatic carbocycles. The zero-order chi connectivity index (χ0) is 13.6. The Morgan fingerprint density at radius 2 is 1.83 bits per heavy atom. The summed E-state index contributed by atoms with van der Waals surface area (Å²) >= 11 is 5.52. The van der Waals surface area contributed by atoms with Gasteiger partial charge in [0.1, 0.15) is 0 Å². The molecule has 0 saturated carbocycles. The Morgan fingerprint density at radius 1 is 1.22 bits per heavy atom. The van der Waals surface area contributed by atoms with Crippen LogP contribution < -0.4 is 0 Å². The first-order chi connectivity index (χ1) is 8.50. The van der Waals surface area contributed by atoms with Gasteiger partial charge in [0.2, 0.25) is 15.0 Å². The van der Waals surface area contributed by atoms with Crippen molar-refractivity contribution in [3.63, 3.8) is 0 Å². The highest BCUT2D eigenvalue weighted by molar-refractivity contribution is 7.95. The first-order valence-electron chi connectivity index (χ1n) is 5.71. The van der Waals surface area contributed by atoms with E-state index in [1.807, 2.05) is 0 Å². The van der Waals surface area contributed by atoms with Gasteiger partial charge in [-0.2, -0.15) is 4.39 Å². The van der Waals surface area contributed by atoms with Crippen LogP contribution in [-0.4, -0.2) is 14.3 Å². The fraction of sp³-hybridized carbons (Fsp3) is 0.385. The lowest BCUT2D eigenvalue weighted by molar-refractivity contribution is 0.571. The Hall–Kier alpha value is -0.870. The molecule has 18 heavy (non-hydrogen) atoms. The lowest BCUT2D eigenvalue weighted by Gasteiger charge is -2.06. The van der Waals surface area contributed by atoms with Gasteiger partial charge in [0, 0.05) is 5.88 Å². The Morgan fingerprint density at radius 3 is 2.39 bits per heavy atom. The second-order valence-corrected chi connectivity index (χ2v) is 6.23. The number of allylic oxidation sites excluding steroid dienone is 1. The summed E-state index contributed by atoms with van der Waals surface area (Å²) in [6.45, 7) is 1.50. The fourth-order valence-corrected chi connectivity index (χ4v) is 2.99. The molecule has 0 heterocycles. The highest BCUT2D eigenvalue weighted by Crippen LogP contribution is 2.25. The van der Waals surface area contributed by atoms with Crippen molar-refractivity contribution in [1.82, 2.24) is 0 Å². The third-order valence-electron chi connectivity index (χ3n) is 2.56. The van der Waals surface area contributed by atoms with E-state index >= 15 is 0 Å². The SMILES string of the molecule is C/C(CCCCCl)=C(/F)S(=O)(=O)c1ccccc1. The number of halogens is 2. The van der Waals surface area contributed by atoms with Gasteiger partial charge in [-0.05, 0) is 43.9 Å². The Kier molecular flexibility index (Phi) is 5.82. The predicted octanol–water partition coefficient (Wildman–Crippen LogP) is 4.07. The van der Waals surface area contributed by atoms with Crippen molar-refractivity contribution >= 4 is 21.4 Å². The van der Waals surface area contributed by atoms with Crippen molar-refractivity contribution < 1.29 is 12.8 Å². The highest BCUT2D eigenvalue weighted by Gasteiger charge is 2.22. The normalized spacial score (nSPS) is 13.3. The number of sulfone groups is 1. The van der Waals surface area contributed by atoms with E-state index in [0.29, 0.717) is 18.7 Å². The summed E-state index contributed by atoms with van der Waals surface area (Å²) in [5.74, 6) is 0.500. The second kappa shape index (κ2) is 6.90. The lowest BCUT2D eigenvalue weighted by atomic mass is 10.1. The Balaban J connectivity index is 2.94. The van der Waals surface area contributed by atoms with Gasteiger partial charge in [-0.3, -0.25) is 0 Å². The van der Waals surface area contributed by atoms with Gasteiger partial charge in [0.25, 0.3) is 0 Å².